The van der Waals surface area contributed by atoms with E-state index in [9.17, 15) is 8.42 Å². The van der Waals surface area contributed by atoms with E-state index in [0.29, 0.717) is 18.7 Å². The summed E-state index contributed by atoms with van der Waals surface area (Å²) in [5.41, 5.74) is 0.621. The second-order valence-electron chi connectivity index (χ2n) is 4.88. The highest BCUT2D eigenvalue weighted by Gasteiger charge is 2.21. The van der Waals surface area contributed by atoms with Crippen molar-refractivity contribution in [3.63, 3.8) is 0 Å². The molecule has 20 heavy (non-hydrogen) atoms. The third-order valence-corrected chi connectivity index (χ3v) is 4.10. The van der Waals surface area contributed by atoms with Gasteiger partial charge in [0.25, 0.3) is 10.0 Å². The zero-order valence-electron chi connectivity index (χ0n) is 12.4. The van der Waals surface area contributed by atoms with Crippen molar-refractivity contribution in [2.24, 2.45) is 0 Å². The van der Waals surface area contributed by atoms with Gasteiger partial charge in [-0.3, -0.25) is 5.10 Å². The Kier molecular flexibility index (Phi) is 6.60. The van der Waals surface area contributed by atoms with Crippen molar-refractivity contribution in [3.8, 4) is 0 Å². The molecule has 1 rings (SSSR count). The molecule has 0 bridgehead atoms. The van der Waals surface area contributed by atoms with E-state index in [1.165, 1.54) is 6.20 Å². The minimum Gasteiger partial charge on any atom is -0.377 e. The fourth-order valence-corrected chi connectivity index (χ4v) is 2.86. The van der Waals surface area contributed by atoms with Gasteiger partial charge in [0, 0.05) is 31.3 Å². The molecule has 3 N–H and O–H groups in total. The molecule has 116 valence electrons. The number of sulfonamides is 1. The number of hydrogen-bond acceptors (Lipinski definition) is 5. The smallest absolute Gasteiger partial charge is 0.257 e. The number of hydrogen-bond donors (Lipinski definition) is 3. The lowest BCUT2D eigenvalue weighted by atomic mass is 10.3. The van der Waals surface area contributed by atoms with Crippen molar-refractivity contribution in [1.29, 1.82) is 0 Å². The number of aromatic amines is 1. The van der Waals surface area contributed by atoms with Gasteiger partial charge in [-0.1, -0.05) is 13.8 Å². The third-order valence-electron chi connectivity index (χ3n) is 2.66. The first-order valence-electron chi connectivity index (χ1n) is 6.73. The van der Waals surface area contributed by atoms with Crippen LogP contribution in [0.2, 0.25) is 0 Å². The zero-order chi connectivity index (χ0) is 15.2. The van der Waals surface area contributed by atoms with Crippen molar-refractivity contribution in [3.05, 3.63) is 11.8 Å². The summed E-state index contributed by atoms with van der Waals surface area (Å²) in [6.07, 6.45) is 1.35. The van der Waals surface area contributed by atoms with Crippen LogP contribution >= 0.6 is 0 Å². The number of nitrogens with one attached hydrogen (secondary N) is 3. The molecule has 1 unspecified atom stereocenters. The molecule has 7 nitrogen and oxygen atoms in total. The van der Waals surface area contributed by atoms with Crippen molar-refractivity contribution >= 4 is 10.0 Å². The van der Waals surface area contributed by atoms with Gasteiger partial charge in [-0.05, 0) is 13.8 Å². The van der Waals surface area contributed by atoms with Gasteiger partial charge in [-0.2, -0.15) is 5.10 Å². The molecule has 0 aliphatic rings. The molecule has 0 fully saturated rings. The first-order valence-corrected chi connectivity index (χ1v) is 8.22. The van der Waals surface area contributed by atoms with E-state index in [0.717, 1.165) is 0 Å². The van der Waals surface area contributed by atoms with E-state index in [2.05, 4.69) is 20.2 Å². The maximum Gasteiger partial charge on any atom is 0.257 e. The lowest BCUT2D eigenvalue weighted by Crippen LogP contribution is -2.33. The predicted molar refractivity (Wildman–Crippen MR) is 76.8 cm³/mol. The standard InChI is InChI=1S/C12H24N4O3S/c1-5-19-10(4)6-15-20(17,18)12-11(8-14-16-12)7-13-9(2)3/h8-10,13,15H,5-7H2,1-4H3,(H,14,16). The highest BCUT2D eigenvalue weighted by atomic mass is 32.2. The quantitative estimate of drug-likeness (QED) is 0.621. The normalized spacial score (nSPS) is 13.8. The second kappa shape index (κ2) is 7.72. The Balaban J connectivity index is 2.70. The second-order valence-corrected chi connectivity index (χ2v) is 6.58. The van der Waals surface area contributed by atoms with Gasteiger partial charge >= 0.3 is 0 Å². The molecule has 0 saturated carbocycles. The lowest BCUT2D eigenvalue weighted by Gasteiger charge is -2.13. The molecule has 0 saturated heterocycles. The molecular weight excluding hydrogens is 280 g/mol. The Hall–Kier alpha value is -0.960. The first-order chi connectivity index (χ1) is 9.36. The van der Waals surface area contributed by atoms with Gasteiger partial charge in [0.2, 0.25) is 0 Å². The molecule has 1 aromatic rings. The highest BCUT2D eigenvalue weighted by Crippen LogP contribution is 2.11. The van der Waals surface area contributed by atoms with Gasteiger partial charge in [-0.25, -0.2) is 13.1 Å². The van der Waals surface area contributed by atoms with Crippen molar-refractivity contribution in [2.45, 2.75) is 51.4 Å². The largest absolute Gasteiger partial charge is 0.377 e. The van der Waals surface area contributed by atoms with E-state index in [-0.39, 0.29) is 23.7 Å². The van der Waals surface area contributed by atoms with Gasteiger partial charge in [-0.15, -0.1) is 0 Å². The average molecular weight is 304 g/mol. The van der Waals surface area contributed by atoms with Crippen LogP contribution in [0.3, 0.4) is 0 Å². The Morgan fingerprint density at radius 3 is 2.70 bits per heavy atom. The fourth-order valence-electron chi connectivity index (χ4n) is 1.61. The topological polar surface area (TPSA) is 96.1 Å². The number of nitrogens with zero attached hydrogens (tertiary/aromatic N) is 1. The van der Waals surface area contributed by atoms with Crippen molar-refractivity contribution in [1.82, 2.24) is 20.2 Å². The van der Waals surface area contributed by atoms with Crippen LogP contribution in [0.4, 0.5) is 0 Å². The maximum absolute atomic E-state index is 12.2. The van der Waals surface area contributed by atoms with Crippen molar-refractivity contribution in [2.75, 3.05) is 13.2 Å². The van der Waals surface area contributed by atoms with Crippen LogP contribution in [0.25, 0.3) is 0 Å². The minimum absolute atomic E-state index is 0.106. The predicted octanol–water partition coefficient (Wildman–Crippen LogP) is 0.611. The third kappa shape index (κ3) is 5.20. The molecule has 1 heterocycles. The van der Waals surface area contributed by atoms with E-state index in [1.807, 2.05) is 27.7 Å². The highest BCUT2D eigenvalue weighted by molar-refractivity contribution is 7.89. The van der Waals surface area contributed by atoms with Crippen molar-refractivity contribution < 1.29 is 13.2 Å². The molecule has 0 spiro atoms. The Labute approximate surface area is 120 Å². The molecule has 1 atom stereocenters. The Morgan fingerprint density at radius 1 is 1.40 bits per heavy atom. The molecule has 0 radical (unpaired) electrons. The summed E-state index contributed by atoms with van der Waals surface area (Å²) < 4.78 is 32.2. The maximum atomic E-state index is 12.2. The van der Waals surface area contributed by atoms with Crippen LogP contribution in [-0.4, -0.2) is 43.9 Å². The Bertz CT molecular complexity index is 499. The van der Waals surface area contributed by atoms with Crippen LogP contribution in [0.1, 0.15) is 33.3 Å². The molecular formula is C12H24N4O3S. The lowest BCUT2D eigenvalue weighted by molar-refractivity contribution is 0.0799. The molecule has 1 aromatic heterocycles. The molecule has 0 aliphatic carbocycles. The number of aromatic nitrogens is 2. The summed E-state index contributed by atoms with van der Waals surface area (Å²) in [4.78, 5) is 0. The monoisotopic (exact) mass is 304 g/mol. The van der Waals surface area contributed by atoms with E-state index < -0.39 is 10.0 Å². The summed E-state index contributed by atoms with van der Waals surface area (Å²) in [6, 6.07) is 0.270. The summed E-state index contributed by atoms with van der Waals surface area (Å²) >= 11 is 0. The number of H-pyrrole nitrogens is 1. The van der Waals surface area contributed by atoms with Crippen LogP contribution in [0.5, 0.6) is 0 Å². The average Bonchev–Trinajstić information content (AvgIpc) is 2.83. The van der Waals surface area contributed by atoms with Crippen LogP contribution in [0, 0.1) is 0 Å². The number of ether oxygens (including phenoxy) is 1. The van der Waals surface area contributed by atoms with Crippen LogP contribution in [0.15, 0.2) is 11.2 Å². The van der Waals surface area contributed by atoms with Gasteiger partial charge < -0.3 is 10.1 Å². The molecule has 0 amide bonds. The molecule has 0 aromatic carbocycles. The molecule has 8 heteroatoms. The summed E-state index contributed by atoms with van der Waals surface area (Å²) in [5.74, 6) is 0. The fraction of sp³-hybridized carbons (Fsp3) is 0.750. The van der Waals surface area contributed by atoms with E-state index >= 15 is 0 Å². The van der Waals surface area contributed by atoms with Crippen LogP contribution in [-0.2, 0) is 21.3 Å². The molecule has 0 aliphatic heterocycles. The van der Waals surface area contributed by atoms with Gasteiger partial charge in [0.05, 0.1) is 12.3 Å². The first kappa shape index (κ1) is 17.1. The van der Waals surface area contributed by atoms with Gasteiger partial charge in [0.15, 0.2) is 5.03 Å². The minimum atomic E-state index is -3.60. The SMILES string of the molecule is CCOC(C)CNS(=O)(=O)c1[nH]ncc1CNC(C)C. The summed E-state index contributed by atoms with van der Waals surface area (Å²) in [6.45, 7) is 8.91. The van der Waals surface area contributed by atoms with E-state index in [4.69, 9.17) is 4.74 Å². The Morgan fingerprint density at radius 2 is 2.10 bits per heavy atom. The van der Waals surface area contributed by atoms with Crippen LogP contribution < -0.4 is 10.0 Å². The van der Waals surface area contributed by atoms with E-state index in [1.54, 1.807) is 0 Å². The zero-order valence-corrected chi connectivity index (χ0v) is 13.3. The summed E-state index contributed by atoms with van der Waals surface area (Å²) in [7, 11) is -3.60. The summed E-state index contributed by atoms with van der Waals surface area (Å²) in [5, 5.41) is 9.63. The number of rotatable bonds is 9. The van der Waals surface area contributed by atoms with Gasteiger partial charge in [0.1, 0.15) is 0 Å².